The minimum Gasteiger partial charge on any atom is -0.338 e. The average Bonchev–Trinajstić information content (AvgIpc) is 2.55. The molecule has 3 rings (SSSR count). The van der Waals surface area contributed by atoms with Crippen LogP contribution >= 0.6 is 24.8 Å². The Kier molecular flexibility index (Phi) is 7.46. The lowest BCUT2D eigenvalue weighted by Gasteiger charge is -2.42. The first-order chi connectivity index (χ1) is 11.3. The van der Waals surface area contributed by atoms with Gasteiger partial charge < -0.3 is 10.6 Å². The second-order valence-electron chi connectivity index (χ2n) is 7.88. The van der Waals surface area contributed by atoms with E-state index in [9.17, 15) is 4.79 Å². The van der Waals surface area contributed by atoms with E-state index in [-0.39, 0.29) is 48.1 Å². The highest BCUT2D eigenvalue weighted by molar-refractivity contribution is 6.06. The van der Waals surface area contributed by atoms with Gasteiger partial charge in [-0.1, -0.05) is 45.9 Å². The van der Waals surface area contributed by atoms with Crippen LogP contribution < -0.4 is 5.73 Å². The first kappa shape index (κ1) is 22.7. The van der Waals surface area contributed by atoms with Gasteiger partial charge >= 0.3 is 0 Å². The minimum atomic E-state index is -0.0579. The maximum atomic E-state index is 13.2. The standard InChI is InChI=1S/C20H27N3O.2ClH/c1-13(2)17-11-15(14-7-5-6-8-16(14)22-17)19(24)23-10-9-18(21)20(3,4)12-23;;/h5-8,11,13,18H,9-10,12,21H2,1-4H3;2*1H. The van der Waals surface area contributed by atoms with Gasteiger partial charge in [-0.2, -0.15) is 0 Å². The third kappa shape index (κ3) is 4.30. The number of para-hydroxylation sites is 1. The Labute approximate surface area is 168 Å². The van der Waals surface area contributed by atoms with Gasteiger partial charge in [-0.3, -0.25) is 9.78 Å². The van der Waals surface area contributed by atoms with Crippen LogP contribution in [0, 0.1) is 5.41 Å². The second kappa shape index (κ2) is 8.55. The number of amides is 1. The van der Waals surface area contributed by atoms with E-state index >= 15 is 0 Å². The molecule has 0 radical (unpaired) electrons. The predicted octanol–water partition coefficient (Wildman–Crippen LogP) is 4.40. The third-order valence-electron chi connectivity index (χ3n) is 5.16. The molecule has 1 aliphatic heterocycles. The van der Waals surface area contributed by atoms with Crippen molar-refractivity contribution in [2.75, 3.05) is 13.1 Å². The normalized spacial score (nSPS) is 19.0. The molecule has 1 aliphatic rings. The number of pyridine rings is 1. The number of carbonyl (C=O) groups excluding carboxylic acids is 1. The number of fused-ring (bicyclic) bond motifs is 1. The molecule has 2 N–H and O–H groups in total. The Hall–Kier alpha value is -1.36. The van der Waals surface area contributed by atoms with Gasteiger partial charge in [-0.05, 0) is 29.9 Å². The molecule has 0 spiro atoms. The zero-order chi connectivity index (χ0) is 17.5. The van der Waals surface area contributed by atoms with Crippen LogP contribution in [0.4, 0.5) is 0 Å². The Balaban J connectivity index is 0.00000169. The second-order valence-corrected chi connectivity index (χ2v) is 7.88. The fraction of sp³-hybridized carbons (Fsp3) is 0.500. The number of likely N-dealkylation sites (tertiary alicyclic amines) is 1. The lowest BCUT2D eigenvalue weighted by molar-refractivity contribution is 0.0534. The summed E-state index contributed by atoms with van der Waals surface area (Å²) in [6.07, 6.45) is 0.846. The summed E-state index contributed by atoms with van der Waals surface area (Å²) in [7, 11) is 0. The molecule has 1 fully saturated rings. The summed E-state index contributed by atoms with van der Waals surface area (Å²) in [5.41, 5.74) is 8.77. The van der Waals surface area contributed by atoms with Gasteiger partial charge in [0, 0.05) is 30.2 Å². The molecule has 1 saturated heterocycles. The van der Waals surface area contributed by atoms with Crippen molar-refractivity contribution in [1.82, 2.24) is 9.88 Å². The molecule has 1 aromatic carbocycles. The summed E-state index contributed by atoms with van der Waals surface area (Å²) < 4.78 is 0. The van der Waals surface area contributed by atoms with Gasteiger partial charge in [0.25, 0.3) is 5.91 Å². The largest absolute Gasteiger partial charge is 0.338 e. The number of nitrogens with zero attached hydrogens (tertiary/aromatic N) is 2. The Morgan fingerprint density at radius 1 is 1.27 bits per heavy atom. The molecule has 2 heterocycles. The maximum Gasteiger partial charge on any atom is 0.254 e. The van der Waals surface area contributed by atoms with Gasteiger partial charge in [0.2, 0.25) is 0 Å². The molecule has 26 heavy (non-hydrogen) atoms. The zero-order valence-electron chi connectivity index (χ0n) is 15.9. The van der Waals surface area contributed by atoms with Crippen LogP contribution in [-0.4, -0.2) is 34.9 Å². The summed E-state index contributed by atoms with van der Waals surface area (Å²) in [5.74, 6) is 0.378. The van der Waals surface area contributed by atoms with Crippen LogP contribution in [0.25, 0.3) is 10.9 Å². The monoisotopic (exact) mass is 397 g/mol. The van der Waals surface area contributed by atoms with Crippen molar-refractivity contribution in [3.8, 4) is 0 Å². The zero-order valence-corrected chi connectivity index (χ0v) is 17.5. The number of rotatable bonds is 2. The number of halogens is 2. The van der Waals surface area contributed by atoms with E-state index in [1.165, 1.54) is 0 Å². The first-order valence-electron chi connectivity index (χ1n) is 8.74. The molecule has 0 saturated carbocycles. The van der Waals surface area contributed by atoms with Crippen molar-refractivity contribution in [2.45, 2.75) is 46.1 Å². The number of hydrogen-bond acceptors (Lipinski definition) is 3. The molecule has 1 amide bonds. The van der Waals surface area contributed by atoms with E-state index in [0.29, 0.717) is 6.54 Å². The van der Waals surface area contributed by atoms with Crippen molar-refractivity contribution in [2.24, 2.45) is 11.1 Å². The quantitative estimate of drug-likeness (QED) is 0.816. The van der Waals surface area contributed by atoms with Crippen molar-refractivity contribution >= 4 is 41.6 Å². The molecule has 2 aromatic rings. The number of carbonyl (C=O) groups is 1. The SMILES string of the molecule is CC(C)c1cc(C(=O)N2CCC(N)C(C)(C)C2)c2ccccc2n1.Cl.Cl. The van der Waals surface area contributed by atoms with E-state index in [1.807, 2.05) is 35.2 Å². The molecule has 0 aliphatic carbocycles. The van der Waals surface area contributed by atoms with Crippen LogP contribution in [0.3, 0.4) is 0 Å². The van der Waals surface area contributed by atoms with E-state index in [2.05, 4.69) is 27.7 Å². The van der Waals surface area contributed by atoms with E-state index in [4.69, 9.17) is 10.7 Å². The van der Waals surface area contributed by atoms with Crippen molar-refractivity contribution in [1.29, 1.82) is 0 Å². The van der Waals surface area contributed by atoms with Gasteiger partial charge in [0.1, 0.15) is 0 Å². The van der Waals surface area contributed by atoms with Crippen LogP contribution in [-0.2, 0) is 0 Å². The molecule has 1 atom stereocenters. The number of piperidine rings is 1. The summed E-state index contributed by atoms with van der Waals surface area (Å²) in [6, 6.07) is 10.0. The maximum absolute atomic E-state index is 13.2. The molecule has 0 bridgehead atoms. The van der Waals surface area contributed by atoms with Crippen LogP contribution in [0.5, 0.6) is 0 Å². The number of benzene rings is 1. The van der Waals surface area contributed by atoms with E-state index < -0.39 is 0 Å². The lowest BCUT2D eigenvalue weighted by atomic mass is 9.79. The fourth-order valence-electron chi connectivity index (χ4n) is 3.39. The average molecular weight is 398 g/mol. The van der Waals surface area contributed by atoms with E-state index in [0.717, 1.165) is 35.1 Å². The predicted molar refractivity (Wildman–Crippen MR) is 113 cm³/mol. The summed E-state index contributed by atoms with van der Waals surface area (Å²) >= 11 is 0. The summed E-state index contributed by atoms with van der Waals surface area (Å²) in [6.45, 7) is 9.91. The molecule has 4 nitrogen and oxygen atoms in total. The highest BCUT2D eigenvalue weighted by Gasteiger charge is 2.36. The Morgan fingerprint density at radius 2 is 1.92 bits per heavy atom. The third-order valence-corrected chi connectivity index (χ3v) is 5.16. The van der Waals surface area contributed by atoms with Crippen molar-refractivity contribution in [3.63, 3.8) is 0 Å². The topological polar surface area (TPSA) is 59.2 Å². The highest BCUT2D eigenvalue weighted by atomic mass is 35.5. The van der Waals surface area contributed by atoms with Crippen molar-refractivity contribution in [3.05, 3.63) is 41.6 Å². The van der Waals surface area contributed by atoms with Crippen LogP contribution in [0.15, 0.2) is 30.3 Å². The van der Waals surface area contributed by atoms with Gasteiger partial charge in [-0.15, -0.1) is 24.8 Å². The number of hydrogen-bond donors (Lipinski definition) is 1. The Morgan fingerprint density at radius 3 is 2.54 bits per heavy atom. The fourth-order valence-corrected chi connectivity index (χ4v) is 3.39. The summed E-state index contributed by atoms with van der Waals surface area (Å²) in [4.78, 5) is 19.9. The molecular formula is C20H29Cl2N3O. The van der Waals surface area contributed by atoms with Crippen LogP contribution in [0.1, 0.15) is 56.1 Å². The molecule has 144 valence electrons. The molecule has 1 unspecified atom stereocenters. The van der Waals surface area contributed by atoms with Crippen LogP contribution in [0.2, 0.25) is 0 Å². The summed E-state index contributed by atoms with van der Waals surface area (Å²) in [5, 5.41) is 0.930. The molecule has 6 heteroatoms. The number of nitrogens with two attached hydrogens (primary N) is 1. The van der Waals surface area contributed by atoms with Crippen molar-refractivity contribution < 1.29 is 4.79 Å². The van der Waals surface area contributed by atoms with Gasteiger partial charge in [-0.25, -0.2) is 0 Å². The highest BCUT2D eigenvalue weighted by Crippen LogP contribution is 2.30. The van der Waals surface area contributed by atoms with Gasteiger partial charge in [0.15, 0.2) is 0 Å². The first-order valence-corrected chi connectivity index (χ1v) is 8.74. The minimum absolute atomic E-state index is 0. The van der Waals surface area contributed by atoms with E-state index in [1.54, 1.807) is 0 Å². The number of aromatic nitrogens is 1. The Bertz CT molecular complexity index is 777. The van der Waals surface area contributed by atoms with Gasteiger partial charge in [0.05, 0.1) is 11.1 Å². The molecular weight excluding hydrogens is 369 g/mol. The molecule has 1 aromatic heterocycles. The lowest BCUT2D eigenvalue weighted by Crippen LogP contribution is -2.54. The smallest absolute Gasteiger partial charge is 0.254 e.